The number of hydrogen-bond acceptors (Lipinski definition) is 2. The summed E-state index contributed by atoms with van der Waals surface area (Å²) in [5, 5.41) is 9.37. The molecule has 1 aromatic carbocycles. The smallest absolute Gasteiger partial charge is 0.227 e. The molecule has 2 rings (SSSR count). The van der Waals surface area contributed by atoms with Crippen molar-refractivity contribution in [2.24, 2.45) is 10.4 Å². The summed E-state index contributed by atoms with van der Waals surface area (Å²) in [6, 6.07) is 8.40. The zero-order valence-corrected chi connectivity index (χ0v) is 19.2. The van der Waals surface area contributed by atoms with Crippen LogP contribution in [0.3, 0.4) is 0 Å². The van der Waals surface area contributed by atoms with E-state index in [4.69, 9.17) is 0 Å². The summed E-state index contributed by atoms with van der Waals surface area (Å²) in [5.74, 6) is 0.739. The number of aliphatic imine (C=N–C) groups is 1. The number of nitrogens with zero attached hydrogens (tertiary/aromatic N) is 1. The molecule has 1 saturated carbocycles. The van der Waals surface area contributed by atoms with Gasteiger partial charge in [-0.25, -0.2) is 0 Å². The molecule has 0 atom stereocenters. The van der Waals surface area contributed by atoms with Gasteiger partial charge in [0.05, 0.1) is 5.41 Å². The third-order valence-electron chi connectivity index (χ3n) is 4.66. The molecule has 7 heteroatoms. The molecule has 1 aliphatic carbocycles. The summed E-state index contributed by atoms with van der Waals surface area (Å²) in [5.41, 5.74) is 1.03. The number of rotatable bonds is 6. The van der Waals surface area contributed by atoms with Crippen molar-refractivity contribution in [1.29, 1.82) is 0 Å². The van der Waals surface area contributed by atoms with Crippen LogP contribution in [0, 0.1) is 5.41 Å². The lowest BCUT2D eigenvalue weighted by atomic mass is 9.92. The maximum atomic E-state index is 11.9. The lowest BCUT2D eigenvalue weighted by molar-refractivity contribution is -0.128. The Morgan fingerprint density at radius 2 is 1.92 bits per heavy atom. The molecule has 1 fully saturated rings. The van der Waals surface area contributed by atoms with E-state index < -0.39 is 5.41 Å². The zero-order chi connectivity index (χ0) is 17.8. The normalized spacial score (nSPS) is 15.8. The van der Waals surface area contributed by atoms with Crippen LogP contribution in [0.25, 0.3) is 0 Å². The highest BCUT2D eigenvalue weighted by Gasteiger charge is 2.45. The first-order valence-electron chi connectivity index (χ1n) is 8.26. The number of nitrogens with one attached hydrogen (secondary N) is 3. The molecule has 0 unspecified atom stereocenters. The molecule has 1 aliphatic rings. The average molecular weight is 523 g/mol. The Morgan fingerprint density at radius 3 is 2.44 bits per heavy atom. The van der Waals surface area contributed by atoms with E-state index in [-0.39, 0.29) is 35.3 Å². The Hall–Kier alpha value is -0.830. The molecule has 1 aromatic rings. The van der Waals surface area contributed by atoms with Gasteiger partial charge in [-0.2, -0.15) is 0 Å². The van der Waals surface area contributed by atoms with Gasteiger partial charge in [0.2, 0.25) is 5.91 Å². The summed E-state index contributed by atoms with van der Waals surface area (Å²) in [7, 11) is 3.41. The van der Waals surface area contributed by atoms with Crippen LogP contribution in [0.1, 0.15) is 32.3 Å². The van der Waals surface area contributed by atoms with Gasteiger partial charge in [-0.3, -0.25) is 9.79 Å². The van der Waals surface area contributed by atoms with Crippen LogP contribution in [0.4, 0.5) is 0 Å². The van der Waals surface area contributed by atoms with Gasteiger partial charge in [0.25, 0.3) is 0 Å². The van der Waals surface area contributed by atoms with Gasteiger partial charge in [0.15, 0.2) is 5.96 Å². The highest BCUT2D eigenvalue weighted by atomic mass is 127. The minimum Gasteiger partial charge on any atom is -0.359 e. The van der Waals surface area contributed by atoms with Crippen molar-refractivity contribution in [2.75, 3.05) is 27.2 Å². The molecule has 0 saturated heterocycles. The van der Waals surface area contributed by atoms with Crippen molar-refractivity contribution in [1.82, 2.24) is 16.0 Å². The molecule has 0 radical (unpaired) electrons. The largest absolute Gasteiger partial charge is 0.359 e. The van der Waals surface area contributed by atoms with Gasteiger partial charge >= 0.3 is 0 Å². The third-order valence-corrected chi connectivity index (χ3v) is 5.35. The number of guanidine groups is 1. The van der Waals surface area contributed by atoms with Gasteiger partial charge in [0.1, 0.15) is 0 Å². The van der Waals surface area contributed by atoms with Gasteiger partial charge in [-0.1, -0.05) is 34.1 Å². The Balaban J connectivity index is 0.00000312. The van der Waals surface area contributed by atoms with Crippen LogP contribution in [-0.2, 0) is 10.2 Å². The van der Waals surface area contributed by atoms with E-state index in [0.29, 0.717) is 6.54 Å². The molecular weight excluding hydrogens is 495 g/mol. The van der Waals surface area contributed by atoms with Crippen LogP contribution in [-0.4, -0.2) is 39.1 Å². The minimum atomic E-state index is -0.494. The molecule has 0 spiro atoms. The molecule has 5 nitrogen and oxygen atoms in total. The summed E-state index contributed by atoms with van der Waals surface area (Å²) >= 11 is 3.66. The standard InChI is InChI=1S/C18H27BrN4O.HI/c1-17(2,15(24)20-3)11-22-16(21-4)23-12-18(9-10-18)13-7-5-6-8-14(13)19;/h5-8H,9-12H2,1-4H3,(H,20,24)(H2,21,22,23);1H. The van der Waals surface area contributed by atoms with Crippen molar-refractivity contribution in [2.45, 2.75) is 32.1 Å². The lowest BCUT2D eigenvalue weighted by Gasteiger charge is -2.25. The highest BCUT2D eigenvalue weighted by Crippen LogP contribution is 2.49. The first-order valence-corrected chi connectivity index (χ1v) is 9.06. The molecule has 0 aliphatic heterocycles. The second-order valence-corrected chi connectivity index (χ2v) is 7.86. The number of benzene rings is 1. The number of amides is 1. The molecule has 3 N–H and O–H groups in total. The Morgan fingerprint density at radius 1 is 1.28 bits per heavy atom. The fourth-order valence-corrected chi connectivity index (χ4v) is 3.49. The summed E-state index contributed by atoms with van der Waals surface area (Å²) < 4.78 is 1.16. The monoisotopic (exact) mass is 522 g/mol. The van der Waals surface area contributed by atoms with Crippen molar-refractivity contribution < 1.29 is 4.79 Å². The fourth-order valence-electron chi connectivity index (χ4n) is 2.78. The second kappa shape index (κ2) is 9.21. The average Bonchev–Trinajstić information content (AvgIpc) is 3.35. The zero-order valence-electron chi connectivity index (χ0n) is 15.3. The van der Waals surface area contributed by atoms with E-state index in [9.17, 15) is 4.79 Å². The van der Waals surface area contributed by atoms with Crippen LogP contribution in [0.2, 0.25) is 0 Å². The van der Waals surface area contributed by atoms with Crippen molar-refractivity contribution >= 4 is 51.8 Å². The van der Waals surface area contributed by atoms with E-state index in [0.717, 1.165) is 17.0 Å². The number of carbonyl (C=O) groups is 1. The lowest BCUT2D eigenvalue weighted by Crippen LogP contribution is -2.48. The molecule has 0 heterocycles. The predicted molar refractivity (Wildman–Crippen MR) is 118 cm³/mol. The van der Waals surface area contributed by atoms with Gasteiger partial charge in [-0.15, -0.1) is 24.0 Å². The first-order chi connectivity index (χ1) is 11.3. The van der Waals surface area contributed by atoms with Crippen molar-refractivity contribution in [3.05, 3.63) is 34.3 Å². The maximum Gasteiger partial charge on any atom is 0.227 e. The van der Waals surface area contributed by atoms with E-state index in [2.05, 4.69) is 55.1 Å². The van der Waals surface area contributed by atoms with Crippen LogP contribution in [0.5, 0.6) is 0 Å². The van der Waals surface area contributed by atoms with Crippen LogP contribution < -0.4 is 16.0 Å². The predicted octanol–water partition coefficient (Wildman–Crippen LogP) is 3.04. The van der Waals surface area contributed by atoms with Crippen molar-refractivity contribution in [3.63, 3.8) is 0 Å². The SMILES string of the molecule is CN=C(NCC(C)(C)C(=O)NC)NCC1(c2ccccc2Br)CC1.I. The van der Waals surface area contributed by atoms with E-state index in [1.807, 2.05) is 19.9 Å². The van der Waals surface area contributed by atoms with Gasteiger partial charge in [0, 0.05) is 37.1 Å². The van der Waals surface area contributed by atoms with Crippen molar-refractivity contribution in [3.8, 4) is 0 Å². The molecule has 1 amide bonds. The topological polar surface area (TPSA) is 65.5 Å². The van der Waals surface area contributed by atoms with Gasteiger partial charge < -0.3 is 16.0 Å². The Kier molecular flexibility index (Phi) is 8.18. The van der Waals surface area contributed by atoms with E-state index in [1.54, 1.807) is 14.1 Å². The quantitative estimate of drug-likeness (QED) is 0.305. The van der Waals surface area contributed by atoms with Gasteiger partial charge in [-0.05, 0) is 38.3 Å². The maximum absolute atomic E-state index is 11.9. The Labute approximate surface area is 176 Å². The molecule has 140 valence electrons. The first kappa shape index (κ1) is 22.2. The Bertz CT molecular complexity index is 629. The highest BCUT2D eigenvalue weighted by molar-refractivity contribution is 14.0. The fraction of sp³-hybridized carbons (Fsp3) is 0.556. The summed E-state index contributed by atoms with van der Waals surface area (Å²) in [6.45, 7) is 5.18. The summed E-state index contributed by atoms with van der Waals surface area (Å²) in [6.07, 6.45) is 2.34. The molecular formula is C18H28BrIN4O. The van der Waals surface area contributed by atoms with E-state index in [1.165, 1.54) is 18.4 Å². The summed E-state index contributed by atoms with van der Waals surface area (Å²) in [4.78, 5) is 16.1. The van der Waals surface area contributed by atoms with Crippen LogP contribution >= 0.6 is 39.9 Å². The second-order valence-electron chi connectivity index (χ2n) is 7.00. The number of hydrogen-bond donors (Lipinski definition) is 3. The third kappa shape index (κ3) is 5.57. The molecule has 25 heavy (non-hydrogen) atoms. The number of halogens is 2. The minimum absolute atomic E-state index is 0. The number of carbonyl (C=O) groups excluding carboxylic acids is 1. The van der Waals surface area contributed by atoms with Crippen LogP contribution in [0.15, 0.2) is 33.7 Å². The van der Waals surface area contributed by atoms with E-state index >= 15 is 0 Å². The molecule has 0 bridgehead atoms. The molecule has 0 aromatic heterocycles.